The molecule has 45 heavy (non-hydrogen) atoms. The Labute approximate surface area is 268 Å². The van der Waals surface area contributed by atoms with Gasteiger partial charge in [0.25, 0.3) is 11.5 Å². The number of H-pyrrole nitrogens is 1. The number of benzene rings is 4. The SMILES string of the molecule is COc1ccc(C(=O)NCCc2c(C(c3cccc(Br)c3)c3c(O)c4ccccc4n(C)c3=O)[nH]c3ccccc23)cc1OC. The van der Waals surface area contributed by atoms with Gasteiger partial charge in [-0.1, -0.05) is 58.4 Å². The van der Waals surface area contributed by atoms with Crippen LogP contribution in [0.2, 0.25) is 0 Å². The number of aromatic hydroxyl groups is 1. The molecule has 8 nitrogen and oxygen atoms in total. The molecule has 0 spiro atoms. The Bertz CT molecular complexity index is 2120. The van der Waals surface area contributed by atoms with Crippen molar-refractivity contribution >= 4 is 43.6 Å². The van der Waals surface area contributed by atoms with E-state index in [9.17, 15) is 14.7 Å². The molecule has 6 aromatic rings. The molecule has 1 atom stereocenters. The topological polar surface area (TPSA) is 106 Å². The Balaban J connectivity index is 1.46. The number of carbonyl (C=O) groups is 1. The van der Waals surface area contributed by atoms with Crippen LogP contribution in [-0.2, 0) is 13.5 Å². The number of nitrogens with zero attached hydrogens (tertiary/aromatic N) is 1. The van der Waals surface area contributed by atoms with E-state index in [1.165, 1.54) is 7.11 Å². The highest BCUT2D eigenvalue weighted by atomic mass is 79.9. The number of amides is 1. The molecule has 2 aromatic heterocycles. The van der Waals surface area contributed by atoms with Crippen LogP contribution in [0.3, 0.4) is 0 Å². The van der Waals surface area contributed by atoms with Gasteiger partial charge in [0.15, 0.2) is 11.5 Å². The summed E-state index contributed by atoms with van der Waals surface area (Å²) in [5, 5.41) is 16.3. The minimum atomic E-state index is -0.630. The van der Waals surface area contributed by atoms with E-state index < -0.39 is 5.92 Å². The summed E-state index contributed by atoms with van der Waals surface area (Å²) in [4.78, 5) is 30.8. The Hall–Kier alpha value is -5.02. The van der Waals surface area contributed by atoms with Gasteiger partial charge in [-0.2, -0.15) is 0 Å². The fourth-order valence-corrected chi connectivity index (χ4v) is 6.46. The van der Waals surface area contributed by atoms with Gasteiger partial charge in [0.05, 0.1) is 31.2 Å². The quantitative estimate of drug-likeness (QED) is 0.160. The third-order valence-electron chi connectivity index (χ3n) is 8.22. The molecule has 0 fully saturated rings. The van der Waals surface area contributed by atoms with Crippen LogP contribution in [0.15, 0.2) is 100 Å². The summed E-state index contributed by atoms with van der Waals surface area (Å²) in [5.74, 6) is 0.0820. The number of fused-ring (bicyclic) bond motifs is 2. The number of methoxy groups -OCH3 is 2. The standard InChI is InChI=1S/C36H32BrN3O5/c1-40-28-14-7-5-12-26(28)34(41)32(36(40)43)31(21-9-8-10-23(37)19-21)33-25(24-11-4-6-13-27(24)39-33)17-18-38-35(42)22-15-16-29(44-2)30(20-22)45-3/h4-16,19-20,31,39,41H,17-18H2,1-3H3,(H,38,42). The molecule has 0 saturated heterocycles. The lowest BCUT2D eigenvalue weighted by Crippen LogP contribution is -2.27. The average molecular weight is 667 g/mol. The summed E-state index contributed by atoms with van der Waals surface area (Å²) >= 11 is 3.60. The van der Waals surface area contributed by atoms with Crippen LogP contribution >= 0.6 is 15.9 Å². The molecular weight excluding hydrogens is 634 g/mol. The summed E-state index contributed by atoms with van der Waals surface area (Å²) in [6.45, 7) is 0.328. The Morgan fingerprint density at radius 1 is 0.933 bits per heavy atom. The zero-order valence-corrected chi connectivity index (χ0v) is 26.6. The van der Waals surface area contributed by atoms with Gasteiger partial charge >= 0.3 is 0 Å². The van der Waals surface area contributed by atoms with E-state index in [1.807, 2.05) is 72.8 Å². The van der Waals surface area contributed by atoms with Crippen LogP contribution in [0, 0.1) is 0 Å². The maximum absolute atomic E-state index is 14.1. The zero-order chi connectivity index (χ0) is 31.7. The smallest absolute Gasteiger partial charge is 0.258 e. The van der Waals surface area contributed by atoms with E-state index in [4.69, 9.17) is 9.47 Å². The van der Waals surface area contributed by atoms with Crippen LogP contribution in [0.1, 0.15) is 38.7 Å². The van der Waals surface area contributed by atoms with Crippen molar-refractivity contribution in [2.45, 2.75) is 12.3 Å². The van der Waals surface area contributed by atoms with Crippen LogP contribution in [0.4, 0.5) is 0 Å². The second-order valence-corrected chi connectivity index (χ2v) is 11.7. The maximum atomic E-state index is 14.1. The largest absolute Gasteiger partial charge is 0.507 e. The molecule has 6 rings (SSSR count). The molecule has 9 heteroatoms. The molecule has 4 aromatic carbocycles. The monoisotopic (exact) mass is 665 g/mol. The van der Waals surface area contributed by atoms with Crippen molar-refractivity contribution < 1.29 is 19.4 Å². The van der Waals surface area contributed by atoms with Gasteiger partial charge in [0.1, 0.15) is 5.75 Å². The number of aromatic amines is 1. The van der Waals surface area contributed by atoms with Gasteiger partial charge in [-0.3, -0.25) is 9.59 Å². The molecule has 228 valence electrons. The van der Waals surface area contributed by atoms with Gasteiger partial charge < -0.3 is 29.4 Å². The molecular formula is C36H32BrN3O5. The van der Waals surface area contributed by atoms with Crippen molar-refractivity contribution in [2.24, 2.45) is 7.05 Å². The number of para-hydroxylation sites is 2. The number of aromatic nitrogens is 2. The number of aryl methyl sites for hydroxylation is 1. The molecule has 0 aliphatic rings. The van der Waals surface area contributed by atoms with E-state index in [2.05, 4.69) is 26.2 Å². The summed E-state index contributed by atoms with van der Waals surface area (Å²) in [6.07, 6.45) is 0.470. The summed E-state index contributed by atoms with van der Waals surface area (Å²) in [5.41, 5.74) is 4.52. The van der Waals surface area contributed by atoms with Crippen molar-refractivity contribution in [3.05, 3.63) is 134 Å². The summed E-state index contributed by atoms with van der Waals surface area (Å²) in [6, 6.07) is 28.1. The predicted octanol–water partition coefficient (Wildman–Crippen LogP) is 6.66. The van der Waals surface area contributed by atoms with E-state index in [0.29, 0.717) is 40.9 Å². The average Bonchev–Trinajstić information content (AvgIpc) is 3.42. The van der Waals surface area contributed by atoms with E-state index >= 15 is 0 Å². The zero-order valence-electron chi connectivity index (χ0n) is 25.1. The van der Waals surface area contributed by atoms with Crippen LogP contribution in [-0.4, -0.2) is 41.3 Å². The fraction of sp³-hybridized carbons (Fsp3) is 0.167. The van der Waals surface area contributed by atoms with Crippen molar-refractivity contribution in [3.63, 3.8) is 0 Å². The Morgan fingerprint density at radius 3 is 2.42 bits per heavy atom. The van der Waals surface area contributed by atoms with Crippen molar-refractivity contribution in [2.75, 3.05) is 20.8 Å². The number of pyridine rings is 1. The van der Waals surface area contributed by atoms with Crippen LogP contribution in [0.25, 0.3) is 21.8 Å². The Morgan fingerprint density at radius 2 is 1.67 bits per heavy atom. The lowest BCUT2D eigenvalue weighted by molar-refractivity contribution is 0.0953. The number of hydrogen-bond donors (Lipinski definition) is 3. The first-order valence-corrected chi connectivity index (χ1v) is 15.3. The first-order valence-electron chi connectivity index (χ1n) is 14.5. The molecule has 0 radical (unpaired) electrons. The molecule has 0 bridgehead atoms. The van der Waals surface area contributed by atoms with Crippen molar-refractivity contribution in [3.8, 4) is 17.2 Å². The number of ether oxygens (including phenoxy) is 2. The van der Waals surface area contributed by atoms with Gasteiger partial charge in [0, 0.05) is 45.6 Å². The van der Waals surface area contributed by atoms with Gasteiger partial charge in [-0.05, 0) is 66.1 Å². The van der Waals surface area contributed by atoms with Gasteiger partial charge in [-0.15, -0.1) is 0 Å². The predicted molar refractivity (Wildman–Crippen MR) is 180 cm³/mol. The molecule has 0 aliphatic heterocycles. The third-order valence-corrected chi connectivity index (χ3v) is 8.72. The van der Waals surface area contributed by atoms with E-state index in [-0.39, 0.29) is 22.8 Å². The molecule has 1 unspecified atom stereocenters. The first-order chi connectivity index (χ1) is 21.8. The second-order valence-electron chi connectivity index (χ2n) is 10.8. The summed E-state index contributed by atoms with van der Waals surface area (Å²) < 4.78 is 13.1. The Kier molecular flexibility index (Phi) is 8.36. The van der Waals surface area contributed by atoms with Crippen molar-refractivity contribution in [1.82, 2.24) is 14.9 Å². The lowest BCUT2D eigenvalue weighted by atomic mass is 9.85. The molecule has 0 aliphatic carbocycles. The van der Waals surface area contributed by atoms with Crippen molar-refractivity contribution in [1.29, 1.82) is 0 Å². The number of hydrogen-bond acceptors (Lipinski definition) is 5. The molecule has 0 saturated carbocycles. The van der Waals surface area contributed by atoms with E-state index in [1.54, 1.807) is 36.9 Å². The highest BCUT2D eigenvalue weighted by molar-refractivity contribution is 9.10. The van der Waals surface area contributed by atoms with Gasteiger partial charge in [0.2, 0.25) is 0 Å². The fourth-order valence-electron chi connectivity index (χ4n) is 6.04. The second kappa shape index (κ2) is 12.5. The highest BCUT2D eigenvalue weighted by Crippen LogP contribution is 2.41. The normalized spacial score (nSPS) is 11.9. The summed E-state index contributed by atoms with van der Waals surface area (Å²) in [7, 11) is 4.80. The third kappa shape index (κ3) is 5.55. The molecule has 1 amide bonds. The maximum Gasteiger partial charge on any atom is 0.258 e. The minimum Gasteiger partial charge on any atom is -0.507 e. The van der Waals surface area contributed by atoms with Crippen LogP contribution in [0.5, 0.6) is 17.2 Å². The first kappa shape index (κ1) is 30.0. The van der Waals surface area contributed by atoms with Gasteiger partial charge in [-0.25, -0.2) is 0 Å². The highest BCUT2D eigenvalue weighted by Gasteiger charge is 2.30. The lowest BCUT2D eigenvalue weighted by Gasteiger charge is -2.22. The number of halogens is 1. The van der Waals surface area contributed by atoms with Crippen LogP contribution < -0.4 is 20.3 Å². The minimum absolute atomic E-state index is 0.0509. The molecule has 2 heterocycles. The number of rotatable bonds is 9. The van der Waals surface area contributed by atoms with E-state index in [0.717, 1.165) is 32.2 Å². The molecule has 3 N–H and O–H groups in total. The number of carbonyl (C=O) groups excluding carboxylic acids is 1. The number of nitrogens with one attached hydrogen (secondary N) is 2.